The summed E-state index contributed by atoms with van der Waals surface area (Å²) in [6.07, 6.45) is -4.75. The van der Waals surface area contributed by atoms with E-state index in [1.807, 2.05) is 0 Å². The number of alkyl halides is 3. The molecule has 2 rings (SSSR count). The van der Waals surface area contributed by atoms with Crippen molar-refractivity contribution in [1.29, 1.82) is 0 Å². The second kappa shape index (κ2) is 5.83. The first-order valence-corrected chi connectivity index (χ1v) is 6.23. The van der Waals surface area contributed by atoms with Gasteiger partial charge in [-0.15, -0.1) is 0 Å². The van der Waals surface area contributed by atoms with Crippen molar-refractivity contribution in [1.82, 2.24) is 5.43 Å². The van der Waals surface area contributed by atoms with Crippen LogP contribution in [0, 0.1) is 12.7 Å². The van der Waals surface area contributed by atoms with Gasteiger partial charge in [-0.2, -0.15) is 13.2 Å². The van der Waals surface area contributed by atoms with E-state index in [-0.39, 0.29) is 5.56 Å². The molecule has 0 radical (unpaired) electrons. The van der Waals surface area contributed by atoms with E-state index in [1.165, 1.54) is 12.1 Å². The Kier molecular flexibility index (Phi) is 4.29. The Hall–Kier alpha value is -1.92. The molecule has 0 amide bonds. The lowest BCUT2D eigenvalue weighted by molar-refractivity contribution is -0.140. The van der Waals surface area contributed by atoms with Crippen LogP contribution in [0.3, 0.4) is 0 Å². The van der Waals surface area contributed by atoms with Gasteiger partial charge < -0.3 is 0 Å². The van der Waals surface area contributed by atoms with Crippen LogP contribution in [0.15, 0.2) is 42.5 Å². The molecule has 2 nitrogen and oxygen atoms in total. The van der Waals surface area contributed by atoms with Crippen LogP contribution in [-0.2, 0) is 6.18 Å². The summed E-state index contributed by atoms with van der Waals surface area (Å²) in [5.41, 5.74) is 2.38. The van der Waals surface area contributed by atoms with Crippen LogP contribution in [0.4, 0.5) is 17.6 Å². The molecule has 0 aliphatic carbocycles. The quantitative estimate of drug-likeness (QED) is 0.515. The first-order valence-electron chi connectivity index (χ1n) is 6.23. The Morgan fingerprint density at radius 2 is 1.62 bits per heavy atom. The molecule has 2 aromatic rings. The van der Waals surface area contributed by atoms with Crippen LogP contribution < -0.4 is 11.3 Å². The lowest BCUT2D eigenvalue weighted by atomic mass is 9.94. The standard InChI is InChI=1S/C15H14F4N2/c1-9-5-2-3-6-10(9)14(21-20)11-7-4-8-12(13(11)16)15(17,18)19/h2-8,14,21H,20H2,1H3. The Labute approximate surface area is 119 Å². The fourth-order valence-electron chi connectivity index (χ4n) is 2.25. The predicted molar refractivity (Wildman–Crippen MR) is 71.7 cm³/mol. The minimum absolute atomic E-state index is 0.137. The molecule has 0 aliphatic heterocycles. The van der Waals surface area contributed by atoms with E-state index in [0.717, 1.165) is 5.56 Å². The van der Waals surface area contributed by atoms with Crippen LogP contribution in [0.5, 0.6) is 0 Å². The van der Waals surface area contributed by atoms with Gasteiger partial charge in [0.05, 0.1) is 11.6 Å². The Balaban J connectivity index is 2.57. The Bertz CT molecular complexity index is 638. The van der Waals surface area contributed by atoms with Crippen LogP contribution in [0.2, 0.25) is 0 Å². The third kappa shape index (κ3) is 3.06. The molecule has 3 N–H and O–H groups in total. The zero-order valence-corrected chi connectivity index (χ0v) is 11.2. The van der Waals surface area contributed by atoms with Gasteiger partial charge in [-0.1, -0.05) is 36.4 Å². The summed E-state index contributed by atoms with van der Waals surface area (Å²) in [7, 11) is 0. The Morgan fingerprint density at radius 3 is 2.19 bits per heavy atom. The lowest BCUT2D eigenvalue weighted by Gasteiger charge is -2.21. The van der Waals surface area contributed by atoms with E-state index in [2.05, 4.69) is 5.43 Å². The molecule has 112 valence electrons. The summed E-state index contributed by atoms with van der Waals surface area (Å²) in [6, 6.07) is 9.31. The first kappa shape index (κ1) is 15.5. The SMILES string of the molecule is Cc1ccccc1C(NN)c1cccc(C(F)(F)F)c1F. The number of halogens is 4. The highest BCUT2D eigenvalue weighted by Gasteiger charge is 2.35. The number of nitrogens with two attached hydrogens (primary N) is 1. The van der Waals surface area contributed by atoms with Crippen molar-refractivity contribution in [3.05, 3.63) is 70.5 Å². The van der Waals surface area contributed by atoms with Crippen molar-refractivity contribution in [2.45, 2.75) is 19.1 Å². The minimum atomic E-state index is -4.75. The number of nitrogens with one attached hydrogen (secondary N) is 1. The molecule has 0 saturated heterocycles. The molecule has 0 aromatic heterocycles. The van der Waals surface area contributed by atoms with Crippen LogP contribution >= 0.6 is 0 Å². The summed E-state index contributed by atoms with van der Waals surface area (Å²) in [4.78, 5) is 0. The van der Waals surface area contributed by atoms with E-state index in [1.54, 1.807) is 31.2 Å². The average Bonchev–Trinajstić information content (AvgIpc) is 2.42. The van der Waals surface area contributed by atoms with E-state index >= 15 is 0 Å². The number of hydrogen-bond donors (Lipinski definition) is 2. The maximum absolute atomic E-state index is 14.2. The van der Waals surface area contributed by atoms with Gasteiger partial charge >= 0.3 is 6.18 Å². The minimum Gasteiger partial charge on any atom is -0.271 e. The monoisotopic (exact) mass is 298 g/mol. The van der Waals surface area contributed by atoms with Crippen molar-refractivity contribution in [2.24, 2.45) is 5.84 Å². The second-order valence-electron chi connectivity index (χ2n) is 4.66. The summed E-state index contributed by atoms with van der Waals surface area (Å²) in [5, 5.41) is 0. The van der Waals surface area contributed by atoms with E-state index in [0.29, 0.717) is 11.6 Å². The third-order valence-electron chi connectivity index (χ3n) is 3.31. The molecule has 0 fully saturated rings. The van der Waals surface area contributed by atoms with Gasteiger partial charge in [0.1, 0.15) is 5.82 Å². The van der Waals surface area contributed by atoms with Crippen molar-refractivity contribution in [3.8, 4) is 0 Å². The van der Waals surface area contributed by atoms with Crippen LogP contribution in [0.1, 0.15) is 28.3 Å². The highest BCUT2D eigenvalue weighted by atomic mass is 19.4. The number of benzene rings is 2. The molecule has 0 aliphatic rings. The second-order valence-corrected chi connectivity index (χ2v) is 4.66. The zero-order chi connectivity index (χ0) is 15.6. The highest BCUT2D eigenvalue weighted by molar-refractivity contribution is 5.39. The van der Waals surface area contributed by atoms with Gasteiger partial charge in [0.25, 0.3) is 0 Å². The molecule has 0 bridgehead atoms. The summed E-state index contributed by atoms with van der Waals surface area (Å²) in [6.45, 7) is 1.78. The van der Waals surface area contributed by atoms with E-state index < -0.39 is 23.6 Å². The van der Waals surface area contributed by atoms with Gasteiger partial charge in [0.15, 0.2) is 0 Å². The lowest BCUT2D eigenvalue weighted by Crippen LogP contribution is -2.30. The topological polar surface area (TPSA) is 38.0 Å². The molecular formula is C15H14F4N2. The molecular weight excluding hydrogens is 284 g/mol. The first-order chi connectivity index (χ1) is 9.86. The van der Waals surface area contributed by atoms with Gasteiger partial charge in [0, 0.05) is 5.56 Å². The highest BCUT2D eigenvalue weighted by Crippen LogP contribution is 2.35. The van der Waals surface area contributed by atoms with Gasteiger partial charge in [-0.25, -0.2) is 9.82 Å². The van der Waals surface area contributed by atoms with Crippen molar-refractivity contribution < 1.29 is 17.6 Å². The molecule has 6 heteroatoms. The smallest absolute Gasteiger partial charge is 0.271 e. The summed E-state index contributed by atoms with van der Waals surface area (Å²) in [5.74, 6) is 4.13. The summed E-state index contributed by atoms with van der Waals surface area (Å²) < 4.78 is 52.6. The molecule has 0 heterocycles. The maximum atomic E-state index is 14.2. The summed E-state index contributed by atoms with van der Waals surface area (Å²) >= 11 is 0. The molecule has 0 saturated carbocycles. The van der Waals surface area contributed by atoms with Crippen LogP contribution in [0.25, 0.3) is 0 Å². The van der Waals surface area contributed by atoms with Crippen molar-refractivity contribution >= 4 is 0 Å². The van der Waals surface area contributed by atoms with Gasteiger partial charge in [-0.05, 0) is 24.1 Å². The molecule has 2 aromatic carbocycles. The zero-order valence-electron chi connectivity index (χ0n) is 11.2. The largest absolute Gasteiger partial charge is 0.419 e. The van der Waals surface area contributed by atoms with Crippen molar-refractivity contribution in [2.75, 3.05) is 0 Å². The van der Waals surface area contributed by atoms with Crippen molar-refractivity contribution in [3.63, 3.8) is 0 Å². The van der Waals surface area contributed by atoms with Crippen LogP contribution in [-0.4, -0.2) is 0 Å². The molecule has 21 heavy (non-hydrogen) atoms. The predicted octanol–water partition coefficient (Wildman–Crippen LogP) is 3.71. The normalized spacial score (nSPS) is 13.2. The molecule has 0 spiro atoms. The molecule has 1 unspecified atom stereocenters. The van der Waals surface area contributed by atoms with E-state index in [4.69, 9.17) is 5.84 Å². The average molecular weight is 298 g/mol. The number of hydrazine groups is 1. The fraction of sp³-hybridized carbons (Fsp3) is 0.200. The number of rotatable bonds is 3. The van der Waals surface area contributed by atoms with Gasteiger partial charge in [-0.3, -0.25) is 5.84 Å². The van der Waals surface area contributed by atoms with Gasteiger partial charge in [0.2, 0.25) is 0 Å². The Morgan fingerprint density at radius 1 is 1.00 bits per heavy atom. The number of hydrogen-bond acceptors (Lipinski definition) is 2. The molecule has 1 atom stereocenters. The fourth-order valence-corrected chi connectivity index (χ4v) is 2.25. The maximum Gasteiger partial charge on any atom is 0.419 e. The number of aryl methyl sites for hydroxylation is 1. The van der Waals surface area contributed by atoms with E-state index in [9.17, 15) is 17.6 Å². The third-order valence-corrected chi connectivity index (χ3v) is 3.31.